The lowest BCUT2D eigenvalue weighted by Crippen LogP contribution is -2.42. The van der Waals surface area contributed by atoms with Crippen LogP contribution in [0.4, 0.5) is 11.4 Å². The fraction of sp³-hybridized carbons (Fsp3) is 0.455. The summed E-state index contributed by atoms with van der Waals surface area (Å²) in [5.41, 5.74) is -0.138. The Morgan fingerprint density at radius 1 is 1.43 bits per heavy atom. The maximum absolute atomic E-state index is 11.3. The van der Waals surface area contributed by atoms with Crippen molar-refractivity contribution in [3.63, 3.8) is 0 Å². The van der Waals surface area contributed by atoms with Gasteiger partial charge in [0, 0.05) is 13.1 Å². The molecule has 0 saturated carbocycles. The summed E-state index contributed by atoms with van der Waals surface area (Å²) >= 11 is 0. The Labute approximate surface area is 121 Å². The van der Waals surface area contributed by atoms with Crippen LogP contribution in [0, 0.1) is 10.1 Å². The highest BCUT2D eigenvalue weighted by Gasteiger charge is 2.27. The summed E-state index contributed by atoms with van der Waals surface area (Å²) in [5, 5.41) is 16.1. The van der Waals surface area contributed by atoms with Gasteiger partial charge in [-0.1, -0.05) is 0 Å². The largest absolute Gasteiger partial charge is 0.374 e. The predicted octanol–water partition coefficient (Wildman–Crippen LogP) is 0.0513. The van der Waals surface area contributed by atoms with Crippen molar-refractivity contribution in [1.29, 1.82) is 0 Å². The first-order chi connectivity index (χ1) is 9.80. The summed E-state index contributed by atoms with van der Waals surface area (Å²) in [6, 6.07) is 3.48. The van der Waals surface area contributed by atoms with Crippen LogP contribution in [0.5, 0.6) is 0 Å². The normalized spacial score (nSPS) is 19.2. The number of likely N-dealkylation sites (N-methyl/N-ethyl adjacent to an activating group) is 1. The Hall–Kier alpha value is -1.75. The summed E-state index contributed by atoms with van der Waals surface area (Å²) in [6.45, 7) is 1.12. The zero-order valence-electron chi connectivity index (χ0n) is 11.3. The van der Waals surface area contributed by atoms with Crippen LogP contribution in [0.3, 0.4) is 0 Å². The molecular formula is C11H15N3O6S. The van der Waals surface area contributed by atoms with Gasteiger partial charge in [-0.25, -0.2) is 13.6 Å². The summed E-state index contributed by atoms with van der Waals surface area (Å²) < 4.78 is 33.3. The average molecular weight is 317 g/mol. The quantitative estimate of drug-likeness (QED) is 0.614. The van der Waals surface area contributed by atoms with Gasteiger partial charge in [0.15, 0.2) is 6.23 Å². The van der Waals surface area contributed by atoms with Crippen molar-refractivity contribution in [2.45, 2.75) is 11.1 Å². The van der Waals surface area contributed by atoms with E-state index in [1.165, 1.54) is 17.0 Å². The van der Waals surface area contributed by atoms with Gasteiger partial charge in [-0.05, 0) is 12.1 Å². The first-order valence-corrected chi connectivity index (χ1v) is 7.59. The van der Waals surface area contributed by atoms with Gasteiger partial charge in [-0.3, -0.25) is 10.1 Å². The SMILES string of the molecule is CN(c1ccc(S(N)(=O)=O)cc1[N+](=O)[O-])C1COCCO1. The van der Waals surface area contributed by atoms with Crippen LogP contribution < -0.4 is 10.0 Å². The molecule has 1 aliphatic rings. The lowest BCUT2D eigenvalue weighted by Gasteiger charge is -2.32. The Morgan fingerprint density at radius 3 is 2.67 bits per heavy atom. The van der Waals surface area contributed by atoms with Gasteiger partial charge in [-0.2, -0.15) is 0 Å². The van der Waals surface area contributed by atoms with Crippen molar-refractivity contribution < 1.29 is 22.8 Å². The van der Waals surface area contributed by atoms with E-state index in [1.807, 2.05) is 0 Å². The molecule has 1 heterocycles. The molecule has 2 N–H and O–H groups in total. The fourth-order valence-electron chi connectivity index (χ4n) is 1.98. The van der Waals surface area contributed by atoms with E-state index in [9.17, 15) is 18.5 Å². The van der Waals surface area contributed by atoms with E-state index < -0.39 is 21.2 Å². The number of rotatable bonds is 4. The third-order valence-electron chi connectivity index (χ3n) is 3.08. The maximum atomic E-state index is 11.3. The highest BCUT2D eigenvalue weighted by atomic mass is 32.2. The molecule has 1 atom stereocenters. The number of nitro benzene ring substituents is 1. The molecule has 1 aromatic rings. The van der Waals surface area contributed by atoms with Crippen LogP contribution in [0.15, 0.2) is 23.1 Å². The number of nitro groups is 1. The van der Waals surface area contributed by atoms with E-state index in [0.717, 1.165) is 6.07 Å². The molecule has 0 bridgehead atoms. The van der Waals surface area contributed by atoms with Crippen molar-refractivity contribution in [2.24, 2.45) is 5.14 Å². The van der Waals surface area contributed by atoms with Gasteiger partial charge in [0.05, 0.1) is 29.6 Å². The molecule has 1 unspecified atom stereocenters. The molecule has 1 fully saturated rings. The van der Waals surface area contributed by atoms with Crippen LogP contribution in [0.1, 0.15) is 0 Å². The number of anilines is 1. The fourth-order valence-corrected chi connectivity index (χ4v) is 2.51. The lowest BCUT2D eigenvalue weighted by molar-refractivity contribution is -0.384. The highest BCUT2D eigenvalue weighted by Crippen LogP contribution is 2.31. The van der Waals surface area contributed by atoms with E-state index in [4.69, 9.17) is 14.6 Å². The van der Waals surface area contributed by atoms with Crippen molar-refractivity contribution in [1.82, 2.24) is 0 Å². The summed E-state index contributed by atoms with van der Waals surface area (Å²) in [5.74, 6) is 0. The Balaban J connectivity index is 2.40. The lowest BCUT2D eigenvalue weighted by atomic mass is 10.2. The number of nitrogens with two attached hydrogens (primary N) is 1. The molecule has 0 radical (unpaired) electrons. The molecule has 10 heteroatoms. The van der Waals surface area contributed by atoms with E-state index in [0.29, 0.717) is 13.2 Å². The van der Waals surface area contributed by atoms with Crippen LogP contribution in [-0.2, 0) is 19.5 Å². The minimum absolute atomic E-state index is 0.225. The van der Waals surface area contributed by atoms with Crippen LogP contribution in [0.25, 0.3) is 0 Å². The molecule has 9 nitrogen and oxygen atoms in total. The second-order valence-electron chi connectivity index (χ2n) is 4.46. The second-order valence-corrected chi connectivity index (χ2v) is 6.03. The molecule has 2 rings (SSSR count). The Kier molecular flexibility index (Phi) is 4.42. The summed E-state index contributed by atoms with van der Waals surface area (Å²) in [7, 11) is -2.40. The zero-order valence-corrected chi connectivity index (χ0v) is 12.1. The van der Waals surface area contributed by atoms with E-state index in [-0.39, 0.29) is 22.9 Å². The molecule has 1 aromatic carbocycles. The third-order valence-corrected chi connectivity index (χ3v) is 3.99. The summed E-state index contributed by atoms with van der Waals surface area (Å²) in [4.78, 5) is 11.7. The number of hydrogen-bond acceptors (Lipinski definition) is 7. The van der Waals surface area contributed by atoms with Gasteiger partial charge in [0.1, 0.15) is 5.69 Å². The molecule has 21 heavy (non-hydrogen) atoms. The molecule has 0 aliphatic carbocycles. The zero-order chi connectivity index (χ0) is 15.6. The molecule has 116 valence electrons. The average Bonchev–Trinajstić information content (AvgIpc) is 2.45. The second kappa shape index (κ2) is 5.93. The monoisotopic (exact) mass is 317 g/mol. The highest BCUT2D eigenvalue weighted by molar-refractivity contribution is 7.89. The summed E-state index contributed by atoms with van der Waals surface area (Å²) in [6.07, 6.45) is -0.474. The maximum Gasteiger partial charge on any atom is 0.293 e. The van der Waals surface area contributed by atoms with Crippen molar-refractivity contribution in [3.05, 3.63) is 28.3 Å². The first-order valence-electron chi connectivity index (χ1n) is 6.04. The number of nitrogens with zero attached hydrogens (tertiary/aromatic N) is 2. The molecule has 0 aromatic heterocycles. The van der Waals surface area contributed by atoms with Gasteiger partial charge in [0.2, 0.25) is 10.0 Å². The standard InChI is InChI=1S/C11H15N3O6S/c1-13(11-7-19-4-5-20-11)9-3-2-8(21(12,17)18)6-10(9)14(15)16/h2-3,6,11H,4-5,7H2,1H3,(H2,12,17,18). The number of benzene rings is 1. The van der Waals surface area contributed by atoms with Crippen molar-refractivity contribution >= 4 is 21.4 Å². The van der Waals surface area contributed by atoms with Gasteiger partial charge >= 0.3 is 0 Å². The van der Waals surface area contributed by atoms with Crippen LogP contribution in [-0.4, -0.2) is 46.4 Å². The first kappa shape index (κ1) is 15.6. The molecule has 1 saturated heterocycles. The number of hydrogen-bond donors (Lipinski definition) is 1. The smallest absolute Gasteiger partial charge is 0.293 e. The number of sulfonamides is 1. The van der Waals surface area contributed by atoms with Crippen molar-refractivity contribution in [2.75, 3.05) is 31.8 Å². The molecular weight excluding hydrogens is 302 g/mol. The number of primary sulfonamides is 1. The Morgan fingerprint density at radius 2 is 2.14 bits per heavy atom. The van der Waals surface area contributed by atoms with Crippen LogP contribution in [0.2, 0.25) is 0 Å². The van der Waals surface area contributed by atoms with Gasteiger partial charge < -0.3 is 14.4 Å². The molecule has 0 amide bonds. The predicted molar refractivity (Wildman–Crippen MR) is 73.4 cm³/mol. The van der Waals surface area contributed by atoms with Gasteiger partial charge in [0.25, 0.3) is 5.69 Å². The van der Waals surface area contributed by atoms with E-state index in [1.54, 1.807) is 7.05 Å². The number of ether oxygens (including phenoxy) is 2. The van der Waals surface area contributed by atoms with Gasteiger partial charge in [-0.15, -0.1) is 0 Å². The van der Waals surface area contributed by atoms with E-state index >= 15 is 0 Å². The van der Waals surface area contributed by atoms with Crippen molar-refractivity contribution in [3.8, 4) is 0 Å². The van der Waals surface area contributed by atoms with E-state index in [2.05, 4.69) is 0 Å². The molecule has 0 spiro atoms. The third kappa shape index (κ3) is 3.47. The Bertz CT molecular complexity index is 641. The molecule has 1 aliphatic heterocycles. The minimum atomic E-state index is -4.01. The topological polar surface area (TPSA) is 125 Å². The minimum Gasteiger partial charge on any atom is -0.374 e. The van der Waals surface area contributed by atoms with Crippen LogP contribution >= 0.6 is 0 Å².